The molecule has 0 aliphatic carbocycles. The van der Waals surface area contributed by atoms with Crippen molar-refractivity contribution in [2.75, 3.05) is 33.3 Å². The Labute approximate surface area is 160 Å². The molecular formula is C22H27FN2O2. The Morgan fingerprint density at radius 3 is 2.37 bits per heavy atom. The zero-order valence-corrected chi connectivity index (χ0v) is 15.9. The van der Waals surface area contributed by atoms with E-state index < -0.39 is 0 Å². The van der Waals surface area contributed by atoms with Crippen molar-refractivity contribution < 1.29 is 13.9 Å². The van der Waals surface area contributed by atoms with Crippen LogP contribution in [0.25, 0.3) is 0 Å². The summed E-state index contributed by atoms with van der Waals surface area (Å²) in [6.45, 7) is 4.34. The van der Waals surface area contributed by atoms with E-state index >= 15 is 0 Å². The van der Waals surface area contributed by atoms with E-state index in [9.17, 15) is 9.18 Å². The predicted octanol–water partition coefficient (Wildman–Crippen LogP) is 3.50. The molecular weight excluding hydrogens is 343 g/mol. The zero-order chi connectivity index (χ0) is 19.1. The third-order valence-corrected chi connectivity index (χ3v) is 5.05. The quantitative estimate of drug-likeness (QED) is 0.780. The third kappa shape index (κ3) is 5.79. The van der Waals surface area contributed by atoms with Crippen molar-refractivity contribution in [2.24, 2.45) is 0 Å². The molecule has 0 saturated carbocycles. The summed E-state index contributed by atoms with van der Waals surface area (Å²) in [4.78, 5) is 16.9. The van der Waals surface area contributed by atoms with Gasteiger partial charge in [0, 0.05) is 39.1 Å². The molecule has 0 unspecified atom stereocenters. The molecule has 0 radical (unpaired) electrons. The molecule has 5 heteroatoms. The van der Waals surface area contributed by atoms with Gasteiger partial charge in [0.2, 0.25) is 5.91 Å². The maximum Gasteiger partial charge on any atom is 0.222 e. The van der Waals surface area contributed by atoms with Gasteiger partial charge in [-0.1, -0.05) is 24.3 Å². The number of hydrogen-bond acceptors (Lipinski definition) is 3. The lowest BCUT2D eigenvalue weighted by atomic mass is 10.1. The number of amides is 1. The van der Waals surface area contributed by atoms with Crippen molar-refractivity contribution in [1.82, 2.24) is 9.80 Å². The van der Waals surface area contributed by atoms with E-state index in [1.165, 1.54) is 17.7 Å². The molecule has 1 heterocycles. The second kappa shape index (κ2) is 9.51. The minimum absolute atomic E-state index is 0.186. The Hall–Kier alpha value is -2.40. The first-order chi connectivity index (χ1) is 13.1. The van der Waals surface area contributed by atoms with Crippen molar-refractivity contribution in [2.45, 2.75) is 25.8 Å². The molecule has 0 spiro atoms. The van der Waals surface area contributed by atoms with Crippen LogP contribution in [0.3, 0.4) is 0 Å². The number of carbonyl (C=O) groups is 1. The first-order valence-corrected chi connectivity index (χ1v) is 9.51. The molecule has 3 rings (SSSR count). The number of halogens is 1. The molecule has 1 saturated heterocycles. The van der Waals surface area contributed by atoms with Gasteiger partial charge in [0.05, 0.1) is 7.11 Å². The number of carbonyl (C=O) groups excluding carboxylic acids is 1. The number of aryl methyl sites for hydroxylation is 1. The molecule has 2 aromatic carbocycles. The summed E-state index contributed by atoms with van der Waals surface area (Å²) in [5, 5.41) is 0. The second-order valence-corrected chi connectivity index (χ2v) is 6.99. The Balaban J connectivity index is 1.46. The molecule has 27 heavy (non-hydrogen) atoms. The molecule has 0 N–H and O–H groups in total. The minimum Gasteiger partial charge on any atom is -0.497 e. The number of nitrogens with zero attached hydrogens (tertiary/aromatic N) is 2. The Bertz CT molecular complexity index is 731. The Morgan fingerprint density at radius 2 is 1.67 bits per heavy atom. The van der Waals surface area contributed by atoms with E-state index in [4.69, 9.17) is 4.74 Å². The molecule has 1 aliphatic rings. The first kappa shape index (κ1) is 19.4. The molecule has 1 aliphatic heterocycles. The van der Waals surface area contributed by atoms with Crippen LogP contribution in [0.15, 0.2) is 48.5 Å². The molecule has 4 nitrogen and oxygen atoms in total. The van der Waals surface area contributed by atoms with Crippen LogP contribution in [0.2, 0.25) is 0 Å². The minimum atomic E-state index is -0.241. The van der Waals surface area contributed by atoms with Crippen LogP contribution in [-0.4, -0.2) is 49.0 Å². The molecule has 144 valence electrons. The smallest absolute Gasteiger partial charge is 0.222 e. The number of benzene rings is 2. The topological polar surface area (TPSA) is 32.8 Å². The van der Waals surface area contributed by atoms with Crippen molar-refractivity contribution in [1.29, 1.82) is 0 Å². The standard InChI is InChI=1S/C22H27FN2O2/c1-27-21-10-5-19(6-11-21)17-24-13-2-14-25(16-15-24)22(26)12-7-18-3-8-20(23)9-4-18/h3-6,8-11H,2,7,12-17H2,1H3. The van der Waals surface area contributed by atoms with Gasteiger partial charge in [0.1, 0.15) is 11.6 Å². The van der Waals surface area contributed by atoms with Gasteiger partial charge in [0.15, 0.2) is 0 Å². The monoisotopic (exact) mass is 370 g/mol. The van der Waals surface area contributed by atoms with Crippen LogP contribution in [-0.2, 0) is 17.8 Å². The molecule has 1 fully saturated rings. The summed E-state index contributed by atoms with van der Waals surface area (Å²) in [5.74, 6) is 0.813. The van der Waals surface area contributed by atoms with Crippen LogP contribution in [0, 0.1) is 5.82 Å². The molecule has 0 atom stereocenters. The highest BCUT2D eigenvalue weighted by Crippen LogP contribution is 2.15. The van der Waals surface area contributed by atoms with Gasteiger partial charge in [-0.25, -0.2) is 4.39 Å². The van der Waals surface area contributed by atoms with Gasteiger partial charge in [-0.15, -0.1) is 0 Å². The van der Waals surface area contributed by atoms with Crippen molar-refractivity contribution in [3.8, 4) is 5.75 Å². The van der Waals surface area contributed by atoms with Gasteiger partial charge in [-0.2, -0.15) is 0 Å². The van der Waals surface area contributed by atoms with Crippen LogP contribution < -0.4 is 4.74 Å². The summed E-state index contributed by atoms with van der Waals surface area (Å²) in [7, 11) is 1.67. The number of hydrogen-bond donors (Lipinski definition) is 0. The maximum atomic E-state index is 13.0. The predicted molar refractivity (Wildman–Crippen MR) is 104 cm³/mol. The highest BCUT2D eigenvalue weighted by molar-refractivity contribution is 5.76. The highest BCUT2D eigenvalue weighted by atomic mass is 19.1. The van der Waals surface area contributed by atoms with Crippen LogP contribution >= 0.6 is 0 Å². The number of rotatable bonds is 6. The van der Waals surface area contributed by atoms with Crippen LogP contribution in [0.5, 0.6) is 5.75 Å². The fourth-order valence-electron chi connectivity index (χ4n) is 3.43. The SMILES string of the molecule is COc1ccc(CN2CCCN(C(=O)CCc3ccc(F)cc3)CC2)cc1. The van der Waals surface area contributed by atoms with Crippen LogP contribution in [0.1, 0.15) is 24.0 Å². The number of ether oxygens (including phenoxy) is 1. The zero-order valence-electron chi connectivity index (χ0n) is 15.9. The van der Waals surface area contributed by atoms with E-state index in [1.54, 1.807) is 19.2 Å². The summed E-state index contributed by atoms with van der Waals surface area (Å²) in [6, 6.07) is 14.6. The van der Waals surface area contributed by atoms with E-state index in [0.29, 0.717) is 12.8 Å². The van der Waals surface area contributed by atoms with Crippen molar-refractivity contribution >= 4 is 5.91 Å². The summed E-state index contributed by atoms with van der Waals surface area (Å²) >= 11 is 0. The molecule has 0 aromatic heterocycles. The second-order valence-electron chi connectivity index (χ2n) is 6.99. The Kier molecular flexibility index (Phi) is 6.82. The van der Waals surface area contributed by atoms with Gasteiger partial charge < -0.3 is 9.64 Å². The normalized spacial score (nSPS) is 15.4. The average molecular weight is 370 g/mol. The van der Waals surface area contributed by atoms with Gasteiger partial charge in [-0.3, -0.25) is 9.69 Å². The lowest BCUT2D eigenvalue weighted by molar-refractivity contribution is -0.131. The maximum absolute atomic E-state index is 13.0. The fourth-order valence-corrected chi connectivity index (χ4v) is 3.43. The van der Waals surface area contributed by atoms with Gasteiger partial charge in [0.25, 0.3) is 0 Å². The largest absolute Gasteiger partial charge is 0.497 e. The van der Waals surface area contributed by atoms with Gasteiger partial charge in [-0.05, 0) is 48.2 Å². The van der Waals surface area contributed by atoms with Gasteiger partial charge >= 0.3 is 0 Å². The third-order valence-electron chi connectivity index (χ3n) is 5.05. The van der Waals surface area contributed by atoms with Crippen molar-refractivity contribution in [3.63, 3.8) is 0 Å². The molecule has 1 amide bonds. The summed E-state index contributed by atoms with van der Waals surface area (Å²) in [5.41, 5.74) is 2.26. The first-order valence-electron chi connectivity index (χ1n) is 9.51. The van der Waals surface area contributed by atoms with Crippen molar-refractivity contribution in [3.05, 3.63) is 65.5 Å². The van der Waals surface area contributed by atoms with Crippen LogP contribution in [0.4, 0.5) is 4.39 Å². The highest BCUT2D eigenvalue weighted by Gasteiger charge is 2.19. The number of methoxy groups -OCH3 is 1. The lowest BCUT2D eigenvalue weighted by Crippen LogP contribution is -2.35. The van der Waals surface area contributed by atoms with E-state index in [2.05, 4.69) is 17.0 Å². The molecule has 0 bridgehead atoms. The fraction of sp³-hybridized carbons (Fsp3) is 0.409. The summed E-state index contributed by atoms with van der Waals surface area (Å²) in [6.07, 6.45) is 2.12. The Morgan fingerprint density at radius 1 is 0.963 bits per heavy atom. The van der Waals surface area contributed by atoms with E-state index in [-0.39, 0.29) is 11.7 Å². The summed E-state index contributed by atoms with van der Waals surface area (Å²) < 4.78 is 18.2. The average Bonchev–Trinajstić information content (AvgIpc) is 2.93. The lowest BCUT2D eigenvalue weighted by Gasteiger charge is -2.22. The van der Waals surface area contributed by atoms with E-state index in [0.717, 1.165) is 50.5 Å². The van der Waals surface area contributed by atoms with E-state index in [1.807, 2.05) is 17.0 Å². The molecule has 2 aromatic rings.